The molecule has 0 unspecified atom stereocenters. The molecule has 0 saturated carbocycles. The highest BCUT2D eigenvalue weighted by Gasteiger charge is 2.40. The van der Waals surface area contributed by atoms with E-state index in [4.69, 9.17) is 18.9 Å². The molecule has 1 saturated heterocycles. The minimum absolute atomic E-state index is 0.0404. The standard InChI is InChI=1S/C22H30O6/c1-14-8-7-11-19-18(27-22(2,3)28-19)10-6-5-9-15-12-16(25-4)13-17(23)20(15)21(24)26-14/h5,9,12-14,18-19,23H,6-8,10-11H2,1-4H3/t14-,18-,19-/m0/s1. The van der Waals surface area contributed by atoms with Crippen molar-refractivity contribution in [1.82, 2.24) is 0 Å². The van der Waals surface area contributed by atoms with Gasteiger partial charge in [0.15, 0.2) is 5.79 Å². The summed E-state index contributed by atoms with van der Waals surface area (Å²) in [6.45, 7) is 5.76. The molecule has 0 bridgehead atoms. The van der Waals surface area contributed by atoms with Crippen molar-refractivity contribution < 1.29 is 28.8 Å². The summed E-state index contributed by atoms with van der Waals surface area (Å²) >= 11 is 0. The lowest BCUT2D eigenvalue weighted by Crippen LogP contribution is -2.23. The molecule has 2 aliphatic rings. The summed E-state index contributed by atoms with van der Waals surface area (Å²) in [5.41, 5.74) is 0.743. The van der Waals surface area contributed by atoms with Crippen LogP contribution in [0.2, 0.25) is 0 Å². The molecule has 0 radical (unpaired) electrons. The third-order valence-corrected chi connectivity index (χ3v) is 5.17. The van der Waals surface area contributed by atoms with Crippen molar-refractivity contribution in [3.8, 4) is 11.5 Å². The Hall–Kier alpha value is -2.05. The molecule has 1 N–H and O–H groups in total. The van der Waals surface area contributed by atoms with E-state index >= 15 is 0 Å². The number of allylic oxidation sites excluding steroid dienone is 1. The van der Waals surface area contributed by atoms with Gasteiger partial charge in [-0.3, -0.25) is 0 Å². The van der Waals surface area contributed by atoms with Crippen molar-refractivity contribution in [3.05, 3.63) is 29.3 Å². The van der Waals surface area contributed by atoms with Crippen LogP contribution < -0.4 is 4.74 Å². The molecule has 6 nitrogen and oxygen atoms in total. The van der Waals surface area contributed by atoms with E-state index in [-0.39, 0.29) is 29.6 Å². The molecule has 0 aliphatic carbocycles. The van der Waals surface area contributed by atoms with Crippen LogP contribution in [-0.4, -0.2) is 42.3 Å². The van der Waals surface area contributed by atoms with E-state index in [0.717, 1.165) is 32.1 Å². The lowest BCUT2D eigenvalue weighted by atomic mass is 10.00. The molecule has 0 amide bonds. The lowest BCUT2D eigenvalue weighted by Gasteiger charge is -2.19. The van der Waals surface area contributed by atoms with Gasteiger partial charge in [-0.05, 0) is 64.5 Å². The number of hydrogen-bond acceptors (Lipinski definition) is 6. The van der Waals surface area contributed by atoms with Crippen molar-refractivity contribution >= 4 is 12.0 Å². The molecule has 3 rings (SSSR count). The number of phenolic OH excluding ortho intramolecular Hbond substituents is 1. The van der Waals surface area contributed by atoms with Gasteiger partial charge in [0.05, 0.1) is 25.4 Å². The second-order valence-corrected chi connectivity index (χ2v) is 7.95. The lowest BCUT2D eigenvalue weighted by molar-refractivity contribution is -0.147. The molecule has 28 heavy (non-hydrogen) atoms. The number of ether oxygens (including phenoxy) is 4. The molecule has 1 aromatic carbocycles. The van der Waals surface area contributed by atoms with Crippen LogP contribution in [0, 0.1) is 0 Å². The number of hydrogen-bond donors (Lipinski definition) is 1. The Balaban J connectivity index is 1.88. The van der Waals surface area contributed by atoms with Crippen molar-refractivity contribution in [2.24, 2.45) is 0 Å². The molecular weight excluding hydrogens is 360 g/mol. The number of benzene rings is 1. The first-order valence-corrected chi connectivity index (χ1v) is 9.93. The maximum atomic E-state index is 12.7. The molecule has 1 aromatic rings. The number of cyclic esters (lactones) is 1. The molecular formula is C22H30O6. The van der Waals surface area contributed by atoms with Crippen LogP contribution in [0.15, 0.2) is 18.2 Å². The van der Waals surface area contributed by atoms with Gasteiger partial charge in [-0.15, -0.1) is 0 Å². The van der Waals surface area contributed by atoms with Crippen LogP contribution >= 0.6 is 0 Å². The number of phenols is 1. The van der Waals surface area contributed by atoms with Gasteiger partial charge in [0.1, 0.15) is 17.1 Å². The Bertz CT molecular complexity index is 739. The second-order valence-electron chi connectivity index (χ2n) is 7.95. The van der Waals surface area contributed by atoms with E-state index in [0.29, 0.717) is 11.3 Å². The van der Waals surface area contributed by atoms with Crippen LogP contribution in [-0.2, 0) is 14.2 Å². The Morgan fingerprint density at radius 1 is 1.14 bits per heavy atom. The van der Waals surface area contributed by atoms with Gasteiger partial charge in [-0.25, -0.2) is 4.79 Å². The van der Waals surface area contributed by atoms with Crippen LogP contribution in [0.5, 0.6) is 11.5 Å². The normalized spacial score (nSPS) is 28.0. The van der Waals surface area contributed by atoms with Crippen molar-refractivity contribution in [3.63, 3.8) is 0 Å². The molecule has 0 aromatic heterocycles. The fraction of sp³-hybridized carbons (Fsp3) is 0.591. The summed E-state index contributed by atoms with van der Waals surface area (Å²) in [5, 5.41) is 10.4. The predicted molar refractivity (Wildman–Crippen MR) is 105 cm³/mol. The number of carbonyl (C=O) groups excluding carboxylic acids is 1. The number of rotatable bonds is 1. The third-order valence-electron chi connectivity index (χ3n) is 5.17. The Kier molecular flexibility index (Phi) is 6.30. The first-order chi connectivity index (χ1) is 13.3. The summed E-state index contributed by atoms with van der Waals surface area (Å²) < 4.78 is 23.0. The highest BCUT2D eigenvalue weighted by Crippen LogP contribution is 2.34. The minimum atomic E-state index is -0.573. The molecule has 6 heteroatoms. The fourth-order valence-corrected chi connectivity index (χ4v) is 3.87. The average molecular weight is 390 g/mol. The molecule has 2 aliphatic heterocycles. The van der Waals surface area contributed by atoms with Crippen LogP contribution in [0.25, 0.3) is 6.08 Å². The van der Waals surface area contributed by atoms with Gasteiger partial charge < -0.3 is 24.1 Å². The quantitative estimate of drug-likeness (QED) is 0.715. The van der Waals surface area contributed by atoms with Crippen LogP contribution in [0.3, 0.4) is 0 Å². The summed E-state index contributed by atoms with van der Waals surface area (Å²) in [6.07, 6.45) is 7.68. The third kappa shape index (κ3) is 4.86. The number of esters is 1. The van der Waals surface area contributed by atoms with Crippen molar-refractivity contribution in [2.45, 2.75) is 77.0 Å². The van der Waals surface area contributed by atoms with Crippen LogP contribution in [0.1, 0.15) is 68.8 Å². The van der Waals surface area contributed by atoms with E-state index in [1.165, 1.54) is 13.2 Å². The summed E-state index contributed by atoms with van der Waals surface area (Å²) in [4.78, 5) is 12.7. The molecule has 1 fully saturated rings. The van der Waals surface area contributed by atoms with Gasteiger partial charge in [0, 0.05) is 6.07 Å². The van der Waals surface area contributed by atoms with Gasteiger partial charge in [0.25, 0.3) is 0 Å². The highest BCUT2D eigenvalue weighted by molar-refractivity contribution is 5.97. The maximum absolute atomic E-state index is 12.7. The number of fused-ring (bicyclic) bond motifs is 2. The molecule has 3 atom stereocenters. The van der Waals surface area contributed by atoms with E-state index in [9.17, 15) is 9.90 Å². The number of aromatic hydroxyl groups is 1. The molecule has 154 valence electrons. The first-order valence-electron chi connectivity index (χ1n) is 9.93. The van der Waals surface area contributed by atoms with E-state index in [1.54, 1.807) is 6.07 Å². The van der Waals surface area contributed by atoms with Gasteiger partial charge in [-0.1, -0.05) is 12.2 Å². The molecule has 0 spiro atoms. The van der Waals surface area contributed by atoms with Crippen molar-refractivity contribution in [1.29, 1.82) is 0 Å². The SMILES string of the molecule is COc1cc(O)c2c(c1)C=CCC[C@@H]1OC(C)(C)O[C@H]1CCC[C@H](C)OC2=O. The van der Waals surface area contributed by atoms with E-state index in [1.807, 2.05) is 32.9 Å². The largest absolute Gasteiger partial charge is 0.507 e. The minimum Gasteiger partial charge on any atom is -0.507 e. The molecule has 2 heterocycles. The van der Waals surface area contributed by atoms with Gasteiger partial charge in [-0.2, -0.15) is 0 Å². The predicted octanol–water partition coefficient (Wildman–Crippen LogP) is 4.44. The zero-order valence-corrected chi connectivity index (χ0v) is 17.1. The summed E-state index contributed by atoms with van der Waals surface area (Å²) in [6, 6.07) is 3.16. The first kappa shape index (κ1) is 20.7. The Morgan fingerprint density at radius 3 is 2.57 bits per heavy atom. The smallest absolute Gasteiger partial charge is 0.342 e. The second kappa shape index (κ2) is 8.53. The zero-order chi connectivity index (χ0) is 20.3. The maximum Gasteiger partial charge on any atom is 0.342 e. The average Bonchev–Trinajstić information content (AvgIpc) is 2.91. The van der Waals surface area contributed by atoms with Crippen LogP contribution in [0.4, 0.5) is 0 Å². The number of methoxy groups -OCH3 is 1. The monoisotopic (exact) mass is 390 g/mol. The topological polar surface area (TPSA) is 74.2 Å². The summed E-state index contributed by atoms with van der Waals surface area (Å²) in [5.74, 6) is -0.754. The van der Waals surface area contributed by atoms with E-state index in [2.05, 4.69) is 0 Å². The van der Waals surface area contributed by atoms with Gasteiger partial charge in [0.2, 0.25) is 0 Å². The van der Waals surface area contributed by atoms with Gasteiger partial charge >= 0.3 is 5.97 Å². The fourth-order valence-electron chi connectivity index (χ4n) is 3.87. The summed E-state index contributed by atoms with van der Waals surface area (Å²) in [7, 11) is 1.52. The Morgan fingerprint density at radius 2 is 1.86 bits per heavy atom. The zero-order valence-electron chi connectivity index (χ0n) is 17.1. The Labute approximate surface area is 166 Å². The van der Waals surface area contributed by atoms with Crippen molar-refractivity contribution in [2.75, 3.05) is 7.11 Å². The van der Waals surface area contributed by atoms with E-state index < -0.39 is 11.8 Å². The highest BCUT2D eigenvalue weighted by atomic mass is 16.7. The number of carbonyl (C=O) groups is 1.